The number of nitrogens with zero attached hydrogens (tertiary/aromatic N) is 4. The summed E-state index contributed by atoms with van der Waals surface area (Å²) in [6, 6.07) is 11.7. The standard InChI is InChI=1S/C21H23N5OS/c1-14-7-8-28-18(14)13-25-10-15-9-19-23-24-20(26(19)12-16(15)11-25)21(27)22-17-5-3-2-4-6-17/h2-8,15-16H,9-13H2,1H3,(H,22,27)/t15-,16-/m1/s1. The second kappa shape index (κ2) is 7.14. The van der Waals surface area contributed by atoms with Crippen LogP contribution in [0.4, 0.5) is 5.69 Å². The summed E-state index contributed by atoms with van der Waals surface area (Å²) < 4.78 is 2.03. The number of benzene rings is 1. The molecule has 2 atom stereocenters. The third kappa shape index (κ3) is 3.25. The topological polar surface area (TPSA) is 63.1 Å². The first-order valence-corrected chi connectivity index (χ1v) is 10.6. The fourth-order valence-corrected chi connectivity index (χ4v) is 5.34. The van der Waals surface area contributed by atoms with Crippen molar-refractivity contribution >= 4 is 22.9 Å². The molecule has 0 radical (unpaired) electrons. The smallest absolute Gasteiger partial charge is 0.293 e. The molecule has 1 N–H and O–H groups in total. The number of thiophene rings is 1. The second-order valence-corrected chi connectivity index (χ2v) is 8.82. The molecule has 0 unspecified atom stereocenters. The number of likely N-dealkylation sites (tertiary alicyclic amines) is 1. The zero-order valence-electron chi connectivity index (χ0n) is 15.8. The lowest BCUT2D eigenvalue weighted by atomic mass is 9.89. The minimum Gasteiger partial charge on any atom is -0.319 e. The maximum Gasteiger partial charge on any atom is 0.293 e. The number of rotatable bonds is 4. The van der Waals surface area contributed by atoms with E-state index in [0.717, 1.165) is 44.1 Å². The van der Waals surface area contributed by atoms with Crippen LogP contribution >= 0.6 is 11.3 Å². The van der Waals surface area contributed by atoms with E-state index < -0.39 is 0 Å². The van der Waals surface area contributed by atoms with Gasteiger partial charge in [0, 0.05) is 43.2 Å². The predicted octanol–water partition coefficient (Wildman–Crippen LogP) is 3.20. The van der Waals surface area contributed by atoms with Crippen LogP contribution in [0.3, 0.4) is 0 Å². The Balaban J connectivity index is 1.29. The Morgan fingerprint density at radius 3 is 2.75 bits per heavy atom. The van der Waals surface area contributed by atoms with Crippen LogP contribution in [-0.2, 0) is 19.5 Å². The fourth-order valence-electron chi connectivity index (χ4n) is 4.40. The fraction of sp³-hybridized carbons (Fsp3) is 0.381. The number of hydrogen-bond donors (Lipinski definition) is 1. The lowest BCUT2D eigenvalue weighted by molar-refractivity contribution is 0.100. The molecule has 5 rings (SSSR count). The van der Waals surface area contributed by atoms with Crippen molar-refractivity contribution in [2.75, 3.05) is 18.4 Å². The van der Waals surface area contributed by atoms with Gasteiger partial charge in [-0.2, -0.15) is 0 Å². The summed E-state index contributed by atoms with van der Waals surface area (Å²) in [5, 5.41) is 13.6. The van der Waals surface area contributed by atoms with Gasteiger partial charge in [0.1, 0.15) is 5.82 Å². The molecule has 0 spiro atoms. The zero-order valence-corrected chi connectivity index (χ0v) is 16.7. The van der Waals surface area contributed by atoms with E-state index in [2.05, 4.69) is 38.8 Å². The Morgan fingerprint density at radius 2 is 1.96 bits per heavy atom. The summed E-state index contributed by atoms with van der Waals surface area (Å²) in [4.78, 5) is 16.7. The number of anilines is 1. The highest BCUT2D eigenvalue weighted by Crippen LogP contribution is 2.34. The van der Waals surface area contributed by atoms with E-state index >= 15 is 0 Å². The van der Waals surface area contributed by atoms with Crippen LogP contribution in [0.5, 0.6) is 0 Å². The van der Waals surface area contributed by atoms with E-state index in [1.54, 1.807) is 0 Å². The van der Waals surface area contributed by atoms with Crippen LogP contribution in [0.1, 0.15) is 26.9 Å². The molecule has 1 aromatic carbocycles. The average molecular weight is 394 g/mol. The van der Waals surface area contributed by atoms with Gasteiger partial charge in [-0.05, 0) is 47.9 Å². The van der Waals surface area contributed by atoms with E-state index in [4.69, 9.17) is 0 Å². The predicted molar refractivity (Wildman–Crippen MR) is 109 cm³/mol. The molecule has 7 heteroatoms. The van der Waals surface area contributed by atoms with Crippen LogP contribution in [0.15, 0.2) is 41.8 Å². The quantitative estimate of drug-likeness (QED) is 0.739. The van der Waals surface area contributed by atoms with E-state index in [1.807, 2.05) is 46.2 Å². The van der Waals surface area contributed by atoms with Crippen LogP contribution in [0.25, 0.3) is 0 Å². The molecule has 4 heterocycles. The number of aromatic nitrogens is 3. The van der Waals surface area contributed by atoms with Gasteiger partial charge in [0.05, 0.1) is 0 Å². The molecule has 0 aliphatic carbocycles. The first kappa shape index (κ1) is 17.6. The maximum atomic E-state index is 12.7. The van der Waals surface area contributed by atoms with Crippen LogP contribution in [0, 0.1) is 18.8 Å². The minimum atomic E-state index is -0.188. The van der Waals surface area contributed by atoms with Gasteiger partial charge in [-0.15, -0.1) is 21.5 Å². The van der Waals surface area contributed by atoms with Crippen molar-refractivity contribution in [1.82, 2.24) is 19.7 Å². The highest BCUT2D eigenvalue weighted by atomic mass is 32.1. The molecule has 1 saturated heterocycles. The molecule has 3 aromatic rings. The number of carbonyl (C=O) groups excluding carboxylic acids is 1. The molecule has 144 valence electrons. The summed E-state index contributed by atoms with van der Waals surface area (Å²) >= 11 is 1.84. The van der Waals surface area contributed by atoms with Crippen molar-refractivity contribution in [3.8, 4) is 0 Å². The van der Waals surface area contributed by atoms with Gasteiger partial charge in [0.2, 0.25) is 5.82 Å². The Labute approximate surface area is 168 Å². The molecular weight excluding hydrogens is 370 g/mol. The van der Waals surface area contributed by atoms with Gasteiger partial charge >= 0.3 is 0 Å². The molecule has 2 aliphatic rings. The molecular formula is C21H23N5OS. The van der Waals surface area contributed by atoms with E-state index in [9.17, 15) is 4.79 Å². The number of aryl methyl sites for hydroxylation is 1. The summed E-state index contributed by atoms with van der Waals surface area (Å²) in [5.41, 5.74) is 2.16. The summed E-state index contributed by atoms with van der Waals surface area (Å²) in [6.45, 7) is 6.20. The first-order valence-electron chi connectivity index (χ1n) is 9.71. The van der Waals surface area contributed by atoms with E-state index in [1.165, 1.54) is 10.4 Å². The lowest BCUT2D eigenvalue weighted by Gasteiger charge is -2.25. The third-order valence-corrected chi connectivity index (χ3v) is 6.92. The Morgan fingerprint density at radius 1 is 1.14 bits per heavy atom. The molecule has 1 amide bonds. The number of nitrogens with one attached hydrogen (secondary N) is 1. The van der Waals surface area contributed by atoms with Crippen LogP contribution in [0.2, 0.25) is 0 Å². The first-order chi connectivity index (χ1) is 13.7. The van der Waals surface area contributed by atoms with E-state index in [-0.39, 0.29) is 5.91 Å². The molecule has 0 bridgehead atoms. The normalized spacial score (nSPS) is 21.3. The SMILES string of the molecule is Cc1ccsc1CN1C[C@H]2Cc3nnc(C(=O)Nc4ccccc4)n3C[C@H]2C1. The third-order valence-electron chi connectivity index (χ3n) is 5.91. The number of fused-ring (bicyclic) bond motifs is 2. The minimum absolute atomic E-state index is 0.188. The Hall–Kier alpha value is -2.51. The Bertz CT molecular complexity index is 995. The summed E-state index contributed by atoms with van der Waals surface area (Å²) in [5.74, 6) is 2.32. The number of hydrogen-bond acceptors (Lipinski definition) is 5. The van der Waals surface area contributed by atoms with Crippen molar-refractivity contribution in [3.63, 3.8) is 0 Å². The molecule has 2 aromatic heterocycles. The van der Waals surface area contributed by atoms with Crippen LogP contribution < -0.4 is 5.32 Å². The number of carbonyl (C=O) groups is 1. The molecule has 28 heavy (non-hydrogen) atoms. The Kier molecular flexibility index (Phi) is 4.49. The van der Waals surface area contributed by atoms with Crippen molar-refractivity contribution in [3.05, 3.63) is 63.9 Å². The molecule has 1 fully saturated rings. The molecule has 6 nitrogen and oxygen atoms in total. The van der Waals surface area contributed by atoms with Crippen molar-refractivity contribution < 1.29 is 4.79 Å². The zero-order chi connectivity index (χ0) is 19.1. The summed E-state index contributed by atoms with van der Waals surface area (Å²) in [7, 11) is 0. The van der Waals surface area contributed by atoms with Crippen molar-refractivity contribution in [2.24, 2.45) is 11.8 Å². The number of amides is 1. The average Bonchev–Trinajstić information content (AvgIpc) is 3.39. The maximum absolute atomic E-state index is 12.7. The highest BCUT2D eigenvalue weighted by Gasteiger charge is 2.39. The van der Waals surface area contributed by atoms with Gasteiger partial charge < -0.3 is 9.88 Å². The monoisotopic (exact) mass is 393 g/mol. The second-order valence-electron chi connectivity index (χ2n) is 7.82. The van der Waals surface area contributed by atoms with Gasteiger partial charge in [-0.1, -0.05) is 18.2 Å². The van der Waals surface area contributed by atoms with Gasteiger partial charge in [-0.25, -0.2) is 0 Å². The van der Waals surface area contributed by atoms with Gasteiger partial charge in [0.15, 0.2) is 0 Å². The lowest BCUT2D eigenvalue weighted by Crippen LogP contribution is -2.31. The van der Waals surface area contributed by atoms with Crippen LogP contribution in [-0.4, -0.2) is 38.7 Å². The summed E-state index contributed by atoms with van der Waals surface area (Å²) in [6.07, 6.45) is 0.899. The highest BCUT2D eigenvalue weighted by molar-refractivity contribution is 7.10. The van der Waals surface area contributed by atoms with E-state index in [0.29, 0.717) is 17.7 Å². The largest absolute Gasteiger partial charge is 0.319 e. The molecule has 2 aliphatic heterocycles. The van der Waals surface area contributed by atoms with Gasteiger partial charge in [0.25, 0.3) is 5.91 Å². The van der Waals surface area contributed by atoms with Crippen molar-refractivity contribution in [1.29, 1.82) is 0 Å². The molecule has 0 saturated carbocycles. The van der Waals surface area contributed by atoms with Gasteiger partial charge in [-0.3, -0.25) is 9.69 Å². The van der Waals surface area contributed by atoms with Crippen molar-refractivity contribution in [2.45, 2.75) is 26.4 Å². The number of para-hydroxylation sites is 1.